The highest BCUT2D eigenvalue weighted by Crippen LogP contribution is 2.68. The van der Waals surface area contributed by atoms with Gasteiger partial charge in [0.25, 0.3) is 0 Å². The molecule has 0 aromatic heterocycles. The van der Waals surface area contributed by atoms with Crippen molar-refractivity contribution in [2.24, 2.45) is 0 Å². The molecule has 0 N–H and O–H groups in total. The Bertz CT molecular complexity index is 1690. The lowest BCUT2D eigenvalue weighted by molar-refractivity contribution is 0.497. The highest BCUT2D eigenvalue weighted by molar-refractivity contribution is 7.83. The van der Waals surface area contributed by atoms with E-state index in [2.05, 4.69) is 121 Å². The van der Waals surface area contributed by atoms with Gasteiger partial charge in [-0.2, -0.15) is 0 Å². The van der Waals surface area contributed by atoms with Gasteiger partial charge >= 0.3 is 7.72 Å². The summed E-state index contributed by atoms with van der Waals surface area (Å²) in [6, 6.07) is 42.8. The zero-order chi connectivity index (χ0) is 23.0. The number of rotatable bonds is 0. The SMILES string of the molecule is c1ccc2c(c1)-c1ccccc1[P+]21Oc2ccc3ccccc3c2-c2c(ccc3ccccc23)O1. The molecule has 6 aromatic carbocycles. The predicted molar refractivity (Wildman–Crippen MR) is 146 cm³/mol. The molecule has 0 aliphatic carbocycles. The van der Waals surface area contributed by atoms with Crippen LogP contribution in [0.2, 0.25) is 0 Å². The molecule has 6 aromatic rings. The van der Waals surface area contributed by atoms with Gasteiger partial charge < -0.3 is 0 Å². The average molecular weight is 467 g/mol. The largest absolute Gasteiger partial charge is 0.430 e. The van der Waals surface area contributed by atoms with Crippen molar-refractivity contribution < 1.29 is 9.05 Å². The Morgan fingerprint density at radius 3 is 1.34 bits per heavy atom. The molecule has 35 heavy (non-hydrogen) atoms. The lowest BCUT2D eigenvalue weighted by Crippen LogP contribution is -2.26. The van der Waals surface area contributed by atoms with Gasteiger partial charge in [0, 0.05) is 22.3 Å². The Balaban J connectivity index is 1.55. The maximum atomic E-state index is 7.19. The van der Waals surface area contributed by atoms with Crippen LogP contribution in [-0.4, -0.2) is 0 Å². The summed E-state index contributed by atoms with van der Waals surface area (Å²) >= 11 is 0. The molecule has 0 fully saturated rings. The first-order valence-corrected chi connectivity index (χ1v) is 13.5. The zero-order valence-corrected chi connectivity index (χ0v) is 19.7. The molecule has 2 heterocycles. The molecule has 1 spiro atoms. The number of hydrogen-bond acceptors (Lipinski definition) is 2. The Morgan fingerprint density at radius 2 is 0.829 bits per heavy atom. The number of benzene rings is 6. The number of hydrogen-bond donors (Lipinski definition) is 0. The minimum absolute atomic E-state index is 0.874. The third-order valence-electron chi connectivity index (χ3n) is 7.22. The summed E-state index contributed by atoms with van der Waals surface area (Å²) in [7, 11) is -2.68. The van der Waals surface area contributed by atoms with Gasteiger partial charge in [0.05, 0.1) is 0 Å². The van der Waals surface area contributed by atoms with Crippen LogP contribution in [0.15, 0.2) is 121 Å². The van der Waals surface area contributed by atoms with E-state index in [4.69, 9.17) is 9.05 Å². The standard InChI is InChI=1S/C32H20O2P/c1-3-11-23-21(9-1)17-19-27-31(23)32-24-12-4-2-10-22(24)18-20-28(32)34-35(33-27)29-15-7-5-13-25(29)26-14-6-8-16-30(26)35/h1-20H/q+1. The summed E-state index contributed by atoms with van der Waals surface area (Å²) < 4.78 is 14.4. The van der Waals surface area contributed by atoms with Crippen LogP contribution in [-0.2, 0) is 0 Å². The van der Waals surface area contributed by atoms with E-state index in [0.717, 1.165) is 33.2 Å². The molecule has 0 bridgehead atoms. The van der Waals surface area contributed by atoms with Crippen LogP contribution >= 0.6 is 7.72 Å². The van der Waals surface area contributed by atoms with Crippen LogP contribution in [0.1, 0.15) is 0 Å². The maximum Gasteiger partial charge on any atom is 0.430 e. The molecule has 2 aliphatic rings. The minimum atomic E-state index is -2.68. The Labute approximate surface area is 203 Å². The second kappa shape index (κ2) is 6.95. The van der Waals surface area contributed by atoms with Crippen molar-refractivity contribution in [3.63, 3.8) is 0 Å². The van der Waals surface area contributed by atoms with Crippen LogP contribution in [0.5, 0.6) is 11.5 Å². The summed E-state index contributed by atoms with van der Waals surface area (Å²) in [6.07, 6.45) is 0. The van der Waals surface area contributed by atoms with E-state index in [1.165, 1.54) is 32.7 Å². The molecular formula is C32H20O2P+. The fourth-order valence-corrected chi connectivity index (χ4v) is 8.85. The smallest absolute Gasteiger partial charge is 0.298 e. The van der Waals surface area contributed by atoms with Gasteiger partial charge in [-0.15, -0.1) is 0 Å². The Hall–Kier alpha value is -4.13. The van der Waals surface area contributed by atoms with Gasteiger partial charge in [-0.25, -0.2) is 0 Å². The number of fused-ring (bicyclic) bond motifs is 12. The first kappa shape index (κ1) is 19.2. The van der Waals surface area contributed by atoms with Gasteiger partial charge in [-0.05, 0) is 57.9 Å². The van der Waals surface area contributed by atoms with E-state index in [1.54, 1.807) is 0 Å². The third-order valence-corrected chi connectivity index (χ3v) is 10.2. The maximum absolute atomic E-state index is 7.19. The molecule has 0 amide bonds. The van der Waals surface area contributed by atoms with E-state index in [9.17, 15) is 0 Å². The Kier molecular flexibility index (Phi) is 3.81. The van der Waals surface area contributed by atoms with Gasteiger partial charge in [0.1, 0.15) is 0 Å². The van der Waals surface area contributed by atoms with E-state index in [0.29, 0.717) is 0 Å². The first-order chi connectivity index (χ1) is 17.3. The molecule has 0 radical (unpaired) electrons. The molecule has 2 aliphatic heterocycles. The van der Waals surface area contributed by atoms with Crippen LogP contribution in [0, 0.1) is 0 Å². The Morgan fingerprint density at radius 1 is 0.400 bits per heavy atom. The second-order valence-corrected chi connectivity index (χ2v) is 11.5. The summed E-state index contributed by atoms with van der Waals surface area (Å²) in [5.41, 5.74) is 4.60. The molecule has 8 rings (SSSR count). The molecule has 164 valence electrons. The van der Waals surface area contributed by atoms with Gasteiger partial charge in [0.2, 0.25) is 0 Å². The molecule has 0 saturated carbocycles. The minimum Gasteiger partial charge on any atom is -0.298 e. The van der Waals surface area contributed by atoms with Crippen molar-refractivity contribution in [2.75, 3.05) is 0 Å². The van der Waals surface area contributed by atoms with Gasteiger partial charge in [-0.1, -0.05) is 84.9 Å². The lowest BCUT2D eigenvalue weighted by Gasteiger charge is -2.20. The van der Waals surface area contributed by atoms with Crippen molar-refractivity contribution in [1.82, 2.24) is 0 Å². The third kappa shape index (κ3) is 2.52. The normalized spacial score (nSPS) is 14.4. The van der Waals surface area contributed by atoms with Gasteiger partial charge in [-0.3, -0.25) is 9.05 Å². The molecule has 0 unspecified atom stereocenters. The second-order valence-electron chi connectivity index (χ2n) is 9.09. The molecule has 3 heteroatoms. The first-order valence-electron chi connectivity index (χ1n) is 11.9. The fourth-order valence-electron chi connectivity index (χ4n) is 5.71. The van der Waals surface area contributed by atoms with Crippen molar-refractivity contribution in [2.45, 2.75) is 0 Å². The molecular weight excluding hydrogens is 447 g/mol. The van der Waals surface area contributed by atoms with E-state index in [-0.39, 0.29) is 0 Å². The predicted octanol–water partition coefficient (Wildman–Crippen LogP) is 7.91. The topological polar surface area (TPSA) is 18.5 Å². The van der Waals surface area contributed by atoms with E-state index < -0.39 is 7.72 Å². The highest BCUT2D eigenvalue weighted by Gasteiger charge is 2.60. The quantitative estimate of drug-likeness (QED) is 0.211. The average Bonchev–Trinajstić information content (AvgIpc) is 3.07. The van der Waals surface area contributed by atoms with E-state index >= 15 is 0 Å². The van der Waals surface area contributed by atoms with Crippen LogP contribution < -0.4 is 19.7 Å². The molecule has 0 saturated heterocycles. The summed E-state index contributed by atoms with van der Waals surface area (Å²) in [6.45, 7) is 0. The molecule has 2 nitrogen and oxygen atoms in total. The van der Waals surface area contributed by atoms with Crippen molar-refractivity contribution in [3.8, 4) is 33.8 Å². The highest BCUT2D eigenvalue weighted by atomic mass is 31.2. The van der Waals surface area contributed by atoms with Crippen LogP contribution in [0.25, 0.3) is 43.8 Å². The summed E-state index contributed by atoms with van der Waals surface area (Å²) in [4.78, 5) is 0. The monoisotopic (exact) mass is 467 g/mol. The van der Waals surface area contributed by atoms with Crippen LogP contribution in [0.4, 0.5) is 0 Å². The summed E-state index contributed by atoms with van der Waals surface area (Å²) in [5.74, 6) is 1.75. The lowest BCUT2D eigenvalue weighted by atomic mass is 9.92. The van der Waals surface area contributed by atoms with Crippen molar-refractivity contribution in [1.29, 1.82) is 0 Å². The van der Waals surface area contributed by atoms with Gasteiger partial charge in [0.15, 0.2) is 22.1 Å². The van der Waals surface area contributed by atoms with Crippen molar-refractivity contribution in [3.05, 3.63) is 121 Å². The van der Waals surface area contributed by atoms with E-state index in [1.807, 2.05) is 0 Å². The molecule has 0 atom stereocenters. The fraction of sp³-hybridized carbons (Fsp3) is 0. The zero-order valence-electron chi connectivity index (χ0n) is 18.8. The summed E-state index contributed by atoms with van der Waals surface area (Å²) in [5, 5.41) is 7.01. The van der Waals surface area contributed by atoms with Crippen LogP contribution in [0.3, 0.4) is 0 Å². The van der Waals surface area contributed by atoms with Crippen molar-refractivity contribution >= 4 is 39.9 Å².